The summed E-state index contributed by atoms with van der Waals surface area (Å²) in [6, 6.07) is 90.6. The number of pyridine rings is 3. The van der Waals surface area contributed by atoms with Gasteiger partial charge in [0, 0.05) is 68.4 Å². The molecular weight excluding hydrogens is 993 g/mol. The van der Waals surface area contributed by atoms with Gasteiger partial charge in [0.05, 0.1) is 28.1 Å². The predicted molar refractivity (Wildman–Crippen MR) is 336 cm³/mol. The van der Waals surface area contributed by atoms with E-state index >= 15 is 0 Å². The van der Waals surface area contributed by atoms with E-state index in [0.29, 0.717) is 5.41 Å². The molecule has 13 aromatic rings. The summed E-state index contributed by atoms with van der Waals surface area (Å²) in [6.07, 6.45) is 11.8. The summed E-state index contributed by atoms with van der Waals surface area (Å²) in [7, 11) is 0. The number of fused-ring (bicyclic) bond motifs is 7. The van der Waals surface area contributed by atoms with Gasteiger partial charge in [0.15, 0.2) is 0 Å². The fourth-order valence-electron chi connectivity index (χ4n) is 15.7. The minimum Gasteiger partial charge on any atom is -0.309 e. The van der Waals surface area contributed by atoms with Crippen molar-refractivity contribution in [1.29, 1.82) is 0 Å². The molecule has 0 amide bonds. The molecule has 3 fully saturated rings. The van der Waals surface area contributed by atoms with Gasteiger partial charge in [0.1, 0.15) is 0 Å². The van der Waals surface area contributed by atoms with Crippen LogP contribution in [0.3, 0.4) is 0 Å². The van der Waals surface area contributed by atoms with Gasteiger partial charge in [-0.3, -0.25) is 15.0 Å². The van der Waals surface area contributed by atoms with Crippen LogP contribution >= 0.6 is 0 Å². The number of nitrogens with zero attached hydrogens (tertiary/aromatic N) is 4. The molecule has 4 aromatic heterocycles. The summed E-state index contributed by atoms with van der Waals surface area (Å²) in [5, 5.41) is 2.51. The Morgan fingerprint density at radius 1 is 0.317 bits per heavy atom. The van der Waals surface area contributed by atoms with Gasteiger partial charge in [-0.25, -0.2) is 0 Å². The van der Waals surface area contributed by atoms with E-state index in [-0.39, 0.29) is 0 Å². The summed E-state index contributed by atoms with van der Waals surface area (Å²) in [5.74, 6) is 3.46. The number of hydrogen-bond donors (Lipinski definition) is 0. The second kappa shape index (κ2) is 18.7. The third-order valence-electron chi connectivity index (χ3n) is 19.6. The minimum atomic E-state index is 0.655. The molecule has 388 valence electrons. The minimum absolute atomic E-state index is 0.655. The fraction of sp³-hybridized carbons (Fsp3) is 0.115. The van der Waals surface area contributed by atoms with Gasteiger partial charge in [0.25, 0.3) is 0 Å². The lowest BCUT2D eigenvalue weighted by Gasteiger charge is -2.68. The number of para-hydroxylation sites is 2. The van der Waals surface area contributed by atoms with Gasteiger partial charge in [-0.15, -0.1) is 0 Å². The van der Waals surface area contributed by atoms with Gasteiger partial charge in [-0.1, -0.05) is 182 Å². The maximum absolute atomic E-state index is 5.23. The van der Waals surface area contributed by atoms with Gasteiger partial charge in [0.2, 0.25) is 0 Å². The van der Waals surface area contributed by atoms with E-state index in [1.165, 1.54) is 53.1 Å². The summed E-state index contributed by atoms with van der Waals surface area (Å²) < 4.78 is 2.36. The Kier molecular flexibility index (Phi) is 10.7. The number of aromatic nitrogens is 4. The van der Waals surface area contributed by atoms with Crippen molar-refractivity contribution < 1.29 is 0 Å². The quantitative estimate of drug-likeness (QED) is 0.137. The van der Waals surface area contributed by atoms with Crippen molar-refractivity contribution in [3.8, 4) is 106 Å². The smallest absolute Gasteiger partial charge is 0.0702 e. The van der Waals surface area contributed by atoms with Crippen molar-refractivity contribution in [2.45, 2.75) is 37.5 Å². The van der Waals surface area contributed by atoms with E-state index in [2.05, 4.69) is 253 Å². The largest absolute Gasteiger partial charge is 0.309 e. The Bertz CT molecular complexity index is 4580. The van der Waals surface area contributed by atoms with Crippen molar-refractivity contribution in [2.75, 3.05) is 0 Å². The van der Waals surface area contributed by atoms with Crippen LogP contribution in [0.1, 0.15) is 48.6 Å². The molecule has 0 aliphatic heterocycles. The second-order valence-corrected chi connectivity index (χ2v) is 23.5. The summed E-state index contributed by atoms with van der Waals surface area (Å²) in [4.78, 5) is 15.4. The van der Waals surface area contributed by atoms with Crippen LogP contribution < -0.4 is 0 Å². The highest BCUT2D eigenvalue weighted by Gasteiger charge is 2.71. The third-order valence-corrected chi connectivity index (χ3v) is 19.6. The monoisotopic (exact) mass is 1050 g/mol. The van der Waals surface area contributed by atoms with Crippen molar-refractivity contribution >= 4 is 21.8 Å². The highest BCUT2D eigenvalue weighted by molar-refractivity contribution is 6.09. The maximum atomic E-state index is 5.23. The normalized spacial score (nSPS) is 19.1. The SMILES string of the molecule is c1ccc(-c2ccc(-c3ccccc3-c3cc(-c4ccccc4-c4ccc(-c5ccc(-n6c7ccccc7c7ccccc76)cc5)nc4)cc(-c4ccccc4-c4ccc(-c5ccc6c(c5)C5CC7CC8CC6C78C5)nc4)c3)cn2)cc1. The molecule has 5 atom stereocenters. The highest BCUT2D eigenvalue weighted by Crippen LogP contribution is 2.81. The summed E-state index contributed by atoms with van der Waals surface area (Å²) >= 11 is 0. The molecule has 4 heteroatoms. The first-order valence-electron chi connectivity index (χ1n) is 29.2. The first-order chi connectivity index (χ1) is 40.6. The molecule has 0 radical (unpaired) electrons. The van der Waals surface area contributed by atoms with Crippen LogP contribution in [-0.2, 0) is 0 Å². The van der Waals surface area contributed by atoms with Gasteiger partial charge in [-0.05, 0) is 183 Å². The van der Waals surface area contributed by atoms with Gasteiger partial charge in [-0.2, -0.15) is 0 Å². The van der Waals surface area contributed by atoms with Crippen LogP contribution in [0.5, 0.6) is 0 Å². The van der Waals surface area contributed by atoms with Crippen LogP contribution in [0.2, 0.25) is 0 Å². The van der Waals surface area contributed by atoms with E-state index in [1.54, 1.807) is 11.1 Å². The van der Waals surface area contributed by atoms with Crippen molar-refractivity contribution in [1.82, 2.24) is 19.5 Å². The topological polar surface area (TPSA) is 43.6 Å². The van der Waals surface area contributed by atoms with E-state index in [0.717, 1.165) is 124 Å². The molecular formula is C78H56N4. The zero-order valence-electron chi connectivity index (χ0n) is 45.3. The number of benzene rings is 9. The molecule has 4 nitrogen and oxygen atoms in total. The molecule has 1 spiro atoms. The fourth-order valence-corrected chi connectivity index (χ4v) is 15.7. The molecule has 0 N–H and O–H groups in total. The predicted octanol–water partition coefficient (Wildman–Crippen LogP) is 20.0. The van der Waals surface area contributed by atoms with Crippen molar-refractivity contribution in [3.05, 3.63) is 278 Å². The van der Waals surface area contributed by atoms with E-state index in [9.17, 15) is 0 Å². The average Bonchev–Trinajstić information content (AvgIpc) is 2.55. The standard InChI is InChI=1S/C78H56N4/c1-2-14-49(15-3-1)73-35-29-52(46-79-73)62-16-4-7-19-65(62)55-38-56(66-20-8-5-17-63(66)53-30-36-74(80-47-53)50-26-32-61(33-27-50)82-76-24-12-10-22-69(76)70-23-11-13-25-77(70)82)40-57(39-55)67-21-9-6-18-64(67)54-31-37-75(81-48-54)51-28-34-68-71(42-51)58-41-59-43-60-44-72(68)78(59,60)45-58/h1-40,42,46-48,58-60,72H,41,43-45H2. The molecule has 17 rings (SSSR count). The van der Waals surface area contributed by atoms with Crippen LogP contribution in [0.15, 0.2) is 267 Å². The van der Waals surface area contributed by atoms with Gasteiger partial charge < -0.3 is 4.57 Å². The van der Waals surface area contributed by atoms with Crippen LogP contribution in [0.25, 0.3) is 128 Å². The van der Waals surface area contributed by atoms with E-state index in [1.807, 2.05) is 18.5 Å². The highest BCUT2D eigenvalue weighted by atomic mass is 15.0. The molecule has 4 aliphatic carbocycles. The third kappa shape index (κ3) is 7.40. The Balaban J connectivity index is 0.738. The van der Waals surface area contributed by atoms with Crippen molar-refractivity contribution in [2.24, 2.45) is 17.3 Å². The zero-order valence-corrected chi connectivity index (χ0v) is 45.3. The number of rotatable bonds is 10. The lowest BCUT2D eigenvalue weighted by Crippen LogP contribution is -2.59. The lowest BCUT2D eigenvalue weighted by molar-refractivity contribution is -0.146. The van der Waals surface area contributed by atoms with E-state index in [4.69, 9.17) is 15.0 Å². The molecule has 0 saturated heterocycles. The Morgan fingerprint density at radius 2 is 0.732 bits per heavy atom. The maximum Gasteiger partial charge on any atom is 0.0702 e. The number of hydrogen-bond acceptors (Lipinski definition) is 3. The molecule has 3 saturated carbocycles. The van der Waals surface area contributed by atoms with Crippen molar-refractivity contribution in [3.63, 3.8) is 0 Å². The average molecular weight is 1050 g/mol. The molecule has 4 aliphatic rings. The molecule has 5 unspecified atom stereocenters. The zero-order chi connectivity index (χ0) is 53.9. The first-order valence-corrected chi connectivity index (χ1v) is 29.2. The molecule has 9 aromatic carbocycles. The molecule has 2 bridgehead atoms. The Labute approximate surface area is 478 Å². The second-order valence-electron chi connectivity index (χ2n) is 23.5. The summed E-state index contributed by atoms with van der Waals surface area (Å²) in [5.41, 5.74) is 27.2. The first kappa shape index (κ1) is 47.1. The molecule has 82 heavy (non-hydrogen) atoms. The summed E-state index contributed by atoms with van der Waals surface area (Å²) in [6.45, 7) is 0. The van der Waals surface area contributed by atoms with Crippen LogP contribution in [0, 0.1) is 17.3 Å². The lowest BCUT2D eigenvalue weighted by atomic mass is 9.36. The van der Waals surface area contributed by atoms with E-state index < -0.39 is 0 Å². The Morgan fingerprint density at radius 3 is 1.22 bits per heavy atom. The van der Waals surface area contributed by atoms with Crippen LogP contribution in [0.4, 0.5) is 0 Å². The van der Waals surface area contributed by atoms with Crippen LogP contribution in [-0.4, -0.2) is 19.5 Å². The Hall–Kier alpha value is -9.77. The molecule has 4 heterocycles. The van der Waals surface area contributed by atoms with Gasteiger partial charge >= 0.3 is 0 Å².